The summed E-state index contributed by atoms with van der Waals surface area (Å²) in [6, 6.07) is 0.323. The molecule has 2 saturated heterocycles. The molecule has 2 rings (SSSR count). The molecule has 0 aliphatic carbocycles. The number of hydrogen-bond donors (Lipinski definition) is 1. The van der Waals surface area contributed by atoms with Gasteiger partial charge in [-0.3, -0.25) is 4.90 Å². The van der Waals surface area contributed by atoms with Crippen molar-refractivity contribution in [2.75, 3.05) is 19.6 Å². The van der Waals surface area contributed by atoms with E-state index in [0.717, 1.165) is 32.5 Å². The number of carbonyl (C=O) groups is 1. The third kappa shape index (κ3) is 1.71. The van der Waals surface area contributed by atoms with Crippen LogP contribution in [-0.4, -0.2) is 47.0 Å². The first-order valence-electron chi connectivity index (χ1n) is 5.86. The Kier molecular flexibility index (Phi) is 2.63. The number of carbonyl (C=O) groups excluding carboxylic acids is 1. The Labute approximate surface area is 91.4 Å². The van der Waals surface area contributed by atoms with E-state index in [1.807, 2.05) is 4.90 Å². The Morgan fingerprint density at radius 1 is 1.33 bits per heavy atom. The molecule has 2 aliphatic heterocycles. The van der Waals surface area contributed by atoms with E-state index < -0.39 is 0 Å². The van der Waals surface area contributed by atoms with Crippen LogP contribution < -0.4 is 5.73 Å². The molecule has 2 N–H and O–H groups in total. The Morgan fingerprint density at radius 3 is 2.53 bits per heavy atom. The van der Waals surface area contributed by atoms with Gasteiger partial charge in [0, 0.05) is 19.1 Å². The Bertz CT molecular complexity index is 267. The molecule has 1 unspecified atom stereocenters. The topological polar surface area (TPSA) is 49.6 Å². The van der Waals surface area contributed by atoms with Crippen molar-refractivity contribution in [1.82, 2.24) is 9.80 Å². The van der Waals surface area contributed by atoms with Crippen molar-refractivity contribution in [1.29, 1.82) is 0 Å². The van der Waals surface area contributed by atoms with Crippen LogP contribution in [0.2, 0.25) is 0 Å². The summed E-state index contributed by atoms with van der Waals surface area (Å²) in [7, 11) is 0. The second-order valence-corrected chi connectivity index (χ2v) is 5.13. The molecule has 2 amide bonds. The average Bonchev–Trinajstić information content (AvgIpc) is 2.15. The molecule has 0 aromatic heterocycles. The monoisotopic (exact) mass is 211 g/mol. The van der Waals surface area contributed by atoms with Crippen LogP contribution in [0.5, 0.6) is 0 Å². The van der Waals surface area contributed by atoms with Crippen LogP contribution in [0, 0.1) is 0 Å². The summed E-state index contributed by atoms with van der Waals surface area (Å²) in [6.07, 6.45) is 3.43. The van der Waals surface area contributed by atoms with Crippen molar-refractivity contribution in [3.8, 4) is 0 Å². The van der Waals surface area contributed by atoms with Gasteiger partial charge in [-0.25, -0.2) is 4.79 Å². The Morgan fingerprint density at radius 2 is 2.07 bits per heavy atom. The van der Waals surface area contributed by atoms with E-state index >= 15 is 0 Å². The number of rotatable bonds is 1. The molecule has 4 heteroatoms. The van der Waals surface area contributed by atoms with E-state index in [1.165, 1.54) is 6.42 Å². The predicted octanol–water partition coefficient (Wildman–Crippen LogP) is 1.01. The molecule has 2 heterocycles. The molecule has 0 aromatic carbocycles. The molecule has 2 aliphatic rings. The molecule has 0 aromatic rings. The summed E-state index contributed by atoms with van der Waals surface area (Å²) < 4.78 is 0. The molecule has 2 fully saturated rings. The highest BCUT2D eigenvalue weighted by atomic mass is 16.2. The number of hydrogen-bond acceptors (Lipinski definition) is 2. The molecule has 0 saturated carbocycles. The summed E-state index contributed by atoms with van der Waals surface area (Å²) in [5.74, 6) is 0. The van der Waals surface area contributed by atoms with Crippen LogP contribution in [0.4, 0.5) is 4.79 Å². The first-order valence-corrected chi connectivity index (χ1v) is 5.86. The lowest BCUT2D eigenvalue weighted by molar-refractivity contribution is -0.0394. The van der Waals surface area contributed by atoms with Gasteiger partial charge in [-0.15, -0.1) is 0 Å². The Hall–Kier alpha value is -0.770. The van der Waals surface area contributed by atoms with E-state index in [1.54, 1.807) is 0 Å². The normalized spacial score (nSPS) is 32.1. The average molecular weight is 211 g/mol. The fraction of sp³-hybridized carbons (Fsp3) is 0.909. The third-order valence-corrected chi connectivity index (χ3v) is 3.95. The largest absolute Gasteiger partial charge is 0.351 e. The van der Waals surface area contributed by atoms with Crippen molar-refractivity contribution in [3.05, 3.63) is 0 Å². The van der Waals surface area contributed by atoms with Gasteiger partial charge in [0.15, 0.2) is 0 Å². The van der Waals surface area contributed by atoms with Gasteiger partial charge in [0.2, 0.25) is 0 Å². The molecule has 4 nitrogen and oxygen atoms in total. The minimum atomic E-state index is -0.244. The molecule has 15 heavy (non-hydrogen) atoms. The highest BCUT2D eigenvalue weighted by Gasteiger charge is 2.49. The number of nitrogens with zero attached hydrogens (tertiary/aromatic N) is 2. The molecule has 86 valence electrons. The van der Waals surface area contributed by atoms with E-state index in [0.29, 0.717) is 6.04 Å². The van der Waals surface area contributed by atoms with Gasteiger partial charge in [0.05, 0.1) is 5.54 Å². The minimum Gasteiger partial charge on any atom is -0.351 e. The van der Waals surface area contributed by atoms with E-state index in [2.05, 4.69) is 18.7 Å². The van der Waals surface area contributed by atoms with E-state index in [4.69, 9.17) is 5.73 Å². The molecular weight excluding hydrogens is 190 g/mol. The first kappa shape index (κ1) is 10.7. The quantitative estimate of drug-likeness (QED) is 0.704. The number of urea groups is 1. The molecule has 0 radical (unpaired) electrons. The van der Waals surface area contributed by atoms with E-state index in [9.17, 15) is 4.79 Å². The van der Waals surface area contributed by atoms with Crippen molar-refractivity contribution >= 4 is 6.03 Å². The van der Waals surface area contributed by atoms with Gasteiger partial charge in [-0.1, -0.05) is 0 Å². The zero-order chi connectivity index (χ0) is 11.1. The van der Waals surface area contributed by atoms with Gasteiger partial charge in [0.1, 0.15) is 0 Å². The van der Waals surface area contributed by atoms with Crippen LogP contribution in [0.3, 0.4) is 0 Å². The minimum absolute atomic E-state index is 0.0777. The smallest absolute Gasteiger partial charge is 0.315 e. The van der Waals surface area contributed by atoms with Gasteiger partial charge in [0.25, 0.3) is 0 Å². The predicted molar refractivity (Wildman–Crippen MR) is 59.6 cm³/mol. The molecule has 1 atom stereocenters. The van der Waals surface area contributed by atoms with Gasteiger partial charge in [-0.05, 0) is 39.7 Å². The standard InChI is InChI=1S/C11H21N3O/c1-9(2)13-6-3-4-11(8-13)5-7-14(11)10(12)15/h9H,3-8H2,1-2H3,(H2,12,15). The fourth-order valence-corrected chi connectivity index (χ4v) is 2.90. The van der Waals surface area contributed by atoms with Crippen LogP contribution in [0.25, 0.3) is 0 Å². The number of nitrogens with two attached hydrogens (primary N) is 1. The second-order valence-electron chi connectivity index (χ2n) is 5.13. The molecule has 0 bridgehead atoms. The number of likely N-dealkylation sites (tertiary alicyclic amines) is 2. The Balaban J connectivity index is 2.06. The summed E-state index contributed by atoms with van der Waals surface area (Å²) in [4.78, 5) is 15.6. The fourth-order valence-electron chi connectivity index (χ4n) is 2.90. The second kappa shape index (κ2) is 3.67. The highest BCUT2D eigenvalue weighted by Crippen LogP contribution is 2.38. The number of primary amides is 1. The van der Waals surface area contributed by atoms with Crippen LogP contribution in [0.15, 0.2) is 0 Å². The lowest BCUT2D eigenvalue weighted by Crippen LogP contribution is -2.69. The van der Waals surface area contributed by atoms with Crippen molar-refractivity contribution in [2.45, 2.75) is 44.7 Å². The van der Waals surface area contributed by atoms with Crippen molar-refractivity contribution in [2.24, 2.45) is 5.73 Å². The number of piperidine rings is 1. The summed E-state index contributed by atoms with van der Waals surface area (Å²) in [5.41, 5.74) is 5.47. The van der Waals surface area contributed by atoms with Crippen LogP contribution >= 0.6 is 0 Å². The zero-order valence-electron chi connectivity index (χ0n) is 9.70. The lowest BCUT2D eigenvalue weighted by atomic mass is 9.77. The molecule has 1 spiro atoms. The van der Waals surface area contributed by atoms with Gasteiger partial charge in [-0.2, -0.15) is 0 Å². The van der Waals surface area contributed by atoms with Crippen molar-refractivity contribution in [3.63, 3.8) is 0 Å². The number of amides is 2. The van der Waals surface area contributed by atoms with Gasteiger partial charge >= 0.3 is 6.03 Å². The zero-order valence-corrected chi connectivity index (χ0v) is 9.70. The van der Waals surface area contributed by atoms with Crippen LogP contribution in [0.1, 0.15) is 33.1 Å². The van der Waals surface area contributed by atoms with Crippen LogP contribution in [-0.2, 0) is 0 Å². The summed E-state index contributed by atoms with van der Waals surface area (Å²) in [6.45, 7) is 7.44. The first-order chi connectivity index (χ1) is 7.05. The SMILES string of the molecule is CC(C)N1CCCC2(CCN2C(N)=O)C1. The van der Waals surface area contributed by atoms with Gasteiger partial charge < -0.3 is 10.6 Å². The van der Waals surface area contributed by atoms with Crippen molar-refractivity contribution < 1.29 is 4.79 Å². The summed E-state index contributed by atoms with van der Waals surface area (Å²) >= 11 is 0. The third-order valence-electron chi connectivity index (χ3n) is 3.95. The lowest BCUT2D eigenvalue weighted by Gasteiger charge is -2.57. The summed E-state index contributed by atoms with van der Waals surface area (Å²) in [5, 5.41) is 0. The molecular formula is C11H21N3O. The van der Waals surface area contributed by atoms with E-state index in [-0.39, 0.29) is 11.6 Å². The maximum atomic E-state index is 11.3. The maximum Gasteiger partial charge on any atom is 0.315 e. The highest BCUT2D eigenvalue weighted by molar-refractivity contribution is 5.74. The maximum absolute atomic E-state index is 11.3.